The second-order valence-electron chi connectivity index (χ2n) is 5.86. The van der Waals surface area contributed by atoms with Crippen molar-refractivity contribution in [2.75, 3.05) is 13.1 Å². The average Bonchev–Trinajstić information content (AvgIpc) is 3.04. The van der Waals surface area contributed by atoms with Crippen LogP contribution in [0.25, 0.3) is 11.3 Å². The normalized spacial score (nSPS) is 12.2. The van der Waals surface area contributed by atoms with E-state index in [1.807, 2.05) is 0 Å². The smallest absolute Gasteiger partial charge is 0.320 e. The first-order valence-corrected chi connectivity index (χ1v) is 8.79. The number of aliphatic carboxylic acids is 1. The van der Waals surface area contributed by atoms with E-state index in [-0.39, 0.29) is 5.91 Å². The zero-order valence-electron chi connectivity index (χ0n) is 14.5. The molecule has 2 N–H and O–H groups in total. The van der Waals surface area contributed by atoms with Gasteiger partial charge in [0.15, 0.2) is 0 Å². The van der Waals surface area contributed by atoms with E-state index < -0.39 is 12.0 Å². The maximum atomic E-state index is 11.3. The predicted octanol–water partition coefficient (Wildman–Crippen LogP) is 3.66. The summed E-state index contributed by atoms with van der Waals surface area (Å²) in [6.07, 6.45) is 0. The molecule has 0 fully saturated rings. The van der Waals surface area contributed by atoms with Gasteiger partial charge in [-0.1, -0.05) is 23.2 Å². The third-order valence-corrected chi connectivity index (χ3v) is 4.64. The molecule has 0 aliphatic heterocycles. The molecule has 1 unspecified atom stereocenters. The monoisotopic (exact) mass is 398 g/mol. The Morgan fingerprint density at radius 3 is 2.58 bits per heavy atom. The van der Waals surface area contributed by atoms with Gasteiger partial charge in [0.25, 0.3) is 0 Å². The highest BCUT2D eigenvalue weighted by Gasteiger charge is 2.22. The van der Waals surface area contributed by atoms with Crippen molar-refractivity contribution >= 4 is 35.1 Å². The van der Waals surface area contributed by atoms with Gasteiger partial charge < -0.3 is 14.8 Å². The highest BCUT2D eigenvalue weighted by atomic mass is 35.5. The number of carboxylic acids is 1. The van der Waals surface area contributed by atoms with Crippen LogP contribution in [0.3, 0.4) is 0 Å². The number of halogens is 2. The summed E-state index contributed by atoms with van der Waals surface area (Å²) in [6, 6.07) is 8.06. The van der Waals surface area contributed by atoms with Crippen molar-refractivity contribution in [3.63, 3.8) is 0 Å². The lowest BCUT2D eigenvalue weighted by Crippen LogP contribution is -2.42. The number of carboxylic acid groups (broad SMARTS) is 1. The number of nitrogens with one attached hydrogen (secondary N) is 1. The first-order chi connectivity index (χ1) is 12.3. The van der Waals surface area contributed by atoms with Gasteiger partial charge in [-0.25, -0.2) is 0 Å². The van der Waals surface area contributed by atoms with Gasteiger partial charge in [-0.05, 0) is 37.3 Å². The highest BCUT2D eigenvalue weighted by molar-refractivity contribution is 6.42. The topological polar surface area (TPSA) is 82.8 Å². The van der Waals surface area contributed by atoms with Gasteiger partial charge in [-0.15, -0.1) is 0 Å². The number of amides is 1. The summed E-state index contributed by atoms with van der Waals surface area (Å²) < 4.78 is 5.83. The molecule has 0 spiro atoms. The van der Waals surface area contributed by atoms with E-state index >= 15 is 0 Å². The Morgan fingerprint density at radius 2 is 1.96 bits per heavy atom. The van der Waals surface area contributed by atoms with Crippen molar-refractivity contribution in [3.05, 3.63) is 46.1 Å². The molecule has 6 nitrogen and oxygen atoms in total. The Labute approximate surface area is 161 Å². The molecular weight excluding hydrogens is 379 g/mol. The van der Waals surface area contributed by atoms with Crippen LogP contribution in [0, 0.1) is 0 Å². The molecule has 26 heavy (non-hydrogen) atoms. The number of nitrogens with zero attached hydrogens (tertiary/aromatic N) is 1. The van der Waals surface area contributed by atoms with Crippen LogP contribution in [0.5, 0.6) is 0 Å². The third kappa shape index (κ3) is 5.49. The van der Waals surface area contributed by atoms with Gasteiger partial charge in [-0.3, -0.25) is 14.5 Å². The zero-order chi connectivity index (χ0) is 19.3. The molecule has 2 rings (SSSR count). The Kier molecular flexibility index (Phi) is 7.08. The molecular formula is C18H20Cl2N2O4. The summed E-state index contributed by atoms with van der Waals surface area (Å²) in [5, 5.41) is 12.8. The van der Waals surface area contributed by atoms with Gasteiger partial charge in [0.2, 0.25) is 5.91 Å². The summed E-state index contributed by atoms with van der Waals surface area (Å²) in [5.41, 5.74) is 0.779. The fourth-order valence-electron chi connectivity index (χ4n) is 2.41. The molecule has 1 atom stereocenters. The van der Waals surface area contributed by atoms with Gasteiger partial charge in [0.1, 0.15) is 17.6 Å². The average molecular weight is 399 g/mol. The standard InChI is InChI=1S/C18H20Cl2N2O4/c1-11(18(24)25)22(8-7-21-12(2)23)10-14-4-6-17(26-14)13-3-5-15(19)16(20)9-13/h3-6,9,11H,7-8,10H2,1-2H3,(H,21,23)(H,24,25). The molecule has 1 aromatic heterocycles. The van der Waals surface area contributed by atoms with Crippen LogP contribution in [0.1, 0.15) is 19.6 Å². The number of hydrogen-bond donors (Lipinski definition) is 2. The van der Waals surface area contributed by atoms with E-state index in [2.05, 4.69) is 5.32 Å². The highest BCUT2D eigenvalue weighted by Crippen LogP contribution is 2.29. The van der Waals surface area contributed by atoms with Gasteiger partial charge >= 0.3 is 5.97 Å². The number of furan rings is 1. The lowest BCUT2D eigenvalue weighted by Gasteiger charge is -2.25. The maximum Gasteiger partial charge on any atom is 0.320 e. The van der Waals surface area contributed by atoms with Crippen molar-refractivity contribution < 1.29 is 19.1 Å². The summed E-state index contributed by atoms with van der Waals surface area (Å²) in [4.78, 5) is 24.1. The minimum Gasteiger partial charge on any atom is -0.480 e. The molecule has 140 valence electrons. The molecule has 0 saturated carbocycles. The summed E-state index contributed by atoms with van der Waals surface area (Å²) in [5.74, 6) is 0.127. The molecule has 1 amide bonds. The number of rotatable bonds is 8. The molecule has 1 aromatic carbocycles. The third-order valence-electron chi connectivity index (χ3n) is 3.90. The van der Waals surface area contributed by atoms with E-state index in [4.69, 9.17) is 27.6 Å². The zero-order valence-corrected chi connectivity index (χ0v) is 16.0. The van der Waals surface area contributed by atoms with Crippen molar-refractivity contribution in [3.8, 4) is 11.3 Å². The number of hydrogen-bond acceptors (Lipinski definition) is 4. The predicted molar refractivity (Wildman–Crippen MR) is 100 cm³/mol. The van der Waals surface area contributed by atoms with Crippen LogP contribution in [-0.4, -0.2) is 41.0 Å². The lowest BCUT2D eigenvalue weighted by molar-refractivity contribution is -0.142. The molecule has 2 aromatic rings. The minimum atomic E-state index is -0.941. The minimum absolute atomic E-state index is 0.159. The van der Waals surface area contributed by atoms with E-state index in [9.17, 15) is 14.7 Å². The largest absolute Gasteiger partial charge is 0.480 e. The maximum absolute atomic E-state index is 11.3. The van der Waals surface area contributed by atoms with E-state index in [1.165, 1.54) is 6.92 Å². The van der Waals surface area contributed by atoms with E-state index in [0.29, 0.717) is 41.2 Å². The lowest BCUT2D eigenvalue weighted by atomic mass is 10.2. The molecule has 0 aliphatic carbocycles. The first kappa shape index (κ1) is 20.3. The van der Waals surface area contributed by atoms with Gasteiger partial charge in [-0.2, -0.15) is 0 Å². The summed E-state index contributed by atoms with van der Waals surface area (Å²) >= 11 is 12.0. The molecule has 0 radical (unpaired) electrons. The Balaban J connectivity index is 2.12. The summed E-state index contributed by atoms with van der Waals surface area (Å²) in [6.45, 7) is 4.05. The second-order valence-corrected chi connectivity index (χ2v) is 6.68. The van der Waals surface area contributed by atoms with E-state index in [0.717, 1.165) is 5.56 Å². The molecule has 0 saturated heterocycles. The van der Waals surface area contributed by atoms with Crippen LogP contribution in [-0.2, 0) is 16.1 Å². The number of carbonyl (C=O) groups excluding carboxylic acids is 1. The summed E-state index contributed by atoms with van der Waals surface area (Å²) in [7, 11) is 0. The van der Waals surface area contributed by atoms with Crippen molar-refractivity contribution in [1.82, 2.24) is 10.2 Å². The van der Waals surface area contributed by atoms with Crippen molar-refractivity contribution in [2.24, 2.45) is 0 Å². The Bertz CT molecular complexity index is 791. The number of benzene rings is 1. The SMILES string of the molecule is CC(=O)NCCN(Cc1ccc(-c2ccc(Cl)c(Cl)c2)o1)C(C)C(=O)O. The fourth-order valence-corrected chi connectivity index (χ4v) is 2.71. The first-order valence-electron chi connectivity index (χ1n) is 8.03. The van der Waals surface area contributed by atoms with Gasteiger partial charge in [0.05, 0.1) is 16.6 Å². The van der Waals surface area contributed by atoms with Crippen molar-refractivity contribution in [1.29, 1.82) is 0 Å². The quantitative estimate of drug-likeness (QED) is 0.708. The Morgan fingerprint density at radius 1 is 1.23 bits per heavy atom. The number of carbonyl (C=O) groups is 2. The van der Waals surface area contributed by atoms with E-state index in [1.54, 1.807) is 42.2 Å². The second kappa shape index (κ2) is 9.07. The Hall–Kier alpha value is -2.02. The van der Waals surface area contributed by atoms with Crippen LogP contribution in [0.15, 0.2) is 34.7 Å². The van der Waals surface area contributed by atoms with Crippen LogP contribution < -0.4 is 5.32 Å². The van der Waals surface area contributed by atoms with Crippen LogP contribution in [0.2, 0.25) is 10.0 Å². The van der Waals surface area contributed by atoms with Crippen LogP contribution in [0.4, 0.5) is 0 Å². The molecule has 0 bridgehead atoms. The van der Waals surface area contributed by atoms with Crippen LogP contribution >= 0.6 is 23.2 Å². The van der Waals surface area contributed by atoms with Crippen molar-refractivity contribution in [2.45, 2.75) is 26.4 Å². The molecule has 0 aliphatic rings. The molecule has 8 heteroatoms. The fraction of sp³-hybridized carbons (Fsp3) is 0.333. The van der Waals surface area contributed by atoms with Gasteiger partial charge in [0, 0.05) is 25.6 Å². The molecule has 1 heterocycles.